The van der Waals surface area contributed by atoms with Crippen LogP contribution in [-0.2, 0) is 4.79 Å². The molecule has 0 radical (unpaired) electrons. The standard InChI is InChI=1S/C19H16N4O2S2/c1-12(24)13-6-8-14(9-7-13)20-17(25)10-11-26-18-21-22-19-23(18)15-4-2-3-5-16(15)27-19/h2-9H,10-11H2,1H3,(H,20,25). The maximum atomic E-state index is 12.2. The van der Waals surface area contributed by atoms with Gasteiger partial charge in [0, 0.05) is 23.4 Å². The van der Waals surface area contributed by atoms with Gasteiger partial charge in [-0.15, -0.1) is 10.2 Å². The van der Waals surface area contributed by atoms with Gasteiger partial charge in [0.2, 0.25) is 10.9 Å². The van der Waals surface area contributed by atoms with Crippen LogP contribution in [0.1, 0.15) is 23.7 Å². The number of thioether (sulfide) groups is 1. The lowest BCUT2D eigenvalue weighted by molar-refractivity contribution is -0.115. The van der Waals surface area contributed by atoms with Gasteiger partial charge in [0.1, 0.15) is 0 Å². The van der Waals surface area contributed by atoms with Crippen LogP contribution in [0, 0.1) is 0 Å². The minimum atomic E-state index is -0.0750. The number of rotatable bonds is 6. The second-order valence-corrected chi connectivity index (χ2v) is 8.02. The molecule has 0 saturated carbocycles. The van der Waals surface area contributed by atoms with Gasteiger partial charge < -0.3 is 5.32 Å². The van der Waals surface area contributed by atoms with E-state index in [0.29, 0.717) is 23.4 Å². The summed E-state index contributed by atoms with van der Waals surface area (Å²) in [6.07, 6.45) is 0.357. The van der Waals surface area contributed by atoms with E-state index in [2.05, 4.69) is 21.6 Å². The Morgan fingerprint density at radius 2 is 1.89 bits per heavy atom. The van der Waals surface area contributed by atoms with Gasteiger partial charge in [-0.3, -0.25) is 14.0 Å². The normalized spacial score (nSPS) is 11.1. The van der Waals surface area contributed by atoms with Crippen LogP contribution in [0.3, 0.4) is 0 Å². The van der Waals surface area contributed by atoms with Crippen molar-refractivity contribution in [3.63, 3.8) is 0 Å². The second kappa shape index (κ2) is 7.50. The van der Waals surface area contributed by atoms with Crippen molar-refractivity contribution in [3.8, 4) is 0 Å². The van der Waals surface area contributed by atoms with Gasteiger partial charge in [-0.2, -0.15) is 0 Å². The lowest BCUT2D eigenvalue weighted by Crippen LogP contribution is -2.12. The summed E-state index contributed by atoms with van der Waals surface area (Å²) in [5, 5.41) is 12.1. The number of carbonyl (C=O) groups excluding carboxylic acids is 2. The highest BCUT2D eigenvalue weighted by Crippen LogP contribution is 2.29. The number of hydrogen-bond donors (Lipinski definition) is 1. The molecule has 1 N–H and O–H groups in total. The number of amides is 1. The molecule has 136 valence electrons. The average molecular weight is 396 g/mol. The van der Waals surface area contributed by atoms with Crippen molar-refractivity contribution >= 4 is 55.7 Å². The second-order valence-electron chi connectivity index (χ2n) is 5.95. The molecule has 0 spiro atoms. The van der Waals surface area contributed by atoms with Gasteiger partial charge in [0.25, 0.3) is 0 Å². The number of fused-ring (bicyclic) bond motifs is 3. The number of hydrogen-bond acceptors (Lipinski definition) is 6. The highest BCUT2D eigenvalue weighted by atomic mass is 32.2. The van der Waals surface area contributed by atoms with Gasteiger partial charge in [-0.05, 0) is 43.3 Å². The Hall–Kier alpha value is -2.71. The molecule has 0 atom stereocenters. The van der Waals surface area contributed by atoms with Crippen molar-refractivity contribution < 1.29 is 9.59 Å². The number of para-hydroxylation sites is 1. The summed E-state index contributed by atoms with van der Waals surface area (Å²) in [4.78, 5) is 24.3. The number of thiazole rings is 1. The predicted molar refractivity (Wildman–Crippen MR) is 109 cm³/mol. The number of ketones is 1. The van der Waals surface area contributed by atoms with Crippen LogP contribution in [-0.4, -0.2) is 32.0 Å². The van der Waals surface area contributed by atoms with Crippen LogP contribution < -0.4 is 5.32 Å². The largest absolute Gasteiger partial charge is 0.326 e. The lowest BCUT2D eigenvalue weighted by atomic mass is 10.1. The topological polar surface area (TPSA) is 76.4 Å². The zero-order chi connectivity index (χ0) is 18.8. The summed E-state index contributed by atoms with van der Waals surface area (Å²) in [6, 6.07) is 15.0. The first-order valence-corrected chi connectivity index (χ1v) is 10.2. The van der Waals surface area contributed by atoms with Crippen LogP contribution in [0.5, 0.6) is 0 Å². The molecule has 6 nitrogen and oxygen atoms in total. The van der Waals surface area contributed by atoms with E-state index in [0.717, 1.165) is 20.3 Å². The van der Waals surface area contributed by atoms with E-state index < -0.39 is 0 Å². The molecule has 27 heavy (non-hydrogen) atoms. The minimum Gasteiger partial charge on any atom is -0.326 e. The van der Waals surface area contributed by atoms with Crippen molar-refractivity contribution in [2.75, 3.05) is 11.1 Å². The number of benzene rings is 2. The van der Waals surface area contributed by atoms with Gasteiger partial charge in [-0.1, -0.05) is 35.2 Å². The van der Waals surface area contributed by atoms with E-state index in [4.69, 9.17) is 0 Å². The van der Waals surface area contributed by atoms with E-state index in [-0.39, 0.29) is 11.7 Å². The number of Topliss-reactive ketones (excluding diaryl/α,β-unsaturated/α-hetero) is 1. The van der Waals surface area contributed by atoms with Crippen LogP contribution in [0.25, 0.3) is 15.2 Å². The number of anilines is 1. The molecule has 1 amide bonds. The fourth-order valence-electron chi connectivity index (χ4n) is 2.70. The van der Waals surface area contributed by atoms with Crippen molar-refractivity contribution in [1.29, 1.82) is 0 Å². The molecule has 0 unspecified atom stereocenters. The number of nitrogens with one attached hydrogen (secondary N) is 1. The lowest BCUT2D eigenvalue weighted by Gasteiger charge is -2.05. The van der Waals surface area contributed by atoms with Crippen LogP contribution in [0.15, 0.2) is 53.7 Å². The molecule has 2 aromatic carbocycles. The molecule has 0 bridgehead atoms. The summed E-state index contributed by atoms with van der Waals surface area (Å²) in [6.45, 7) is 1.52. The zero-order valence-corrected chi connectivity index (χ0v) is 16.1. The van der Waals surface area contributed by atoms with Crippen molar-refractivity contribution in [3.05, 3.63) is 54.1 Å². The summed E-state index contributed by atoms with van der Waals surface area (Å²) in [5.41, 5.74) is 2.39. The minimum absolute atomic E-state index is 0.00449. The van der Waals surface area contributed by atoms with Gasteiger partial charge in [0.05, 0.1) is 10.2 Å². The van der Waals surface area contributed by atoms with Crippen LogP contribution in [0.2, 0.25) is 0 Å². The molecular formula is C19H16N4O2S2. The van der Waals surface area contributed by atoms with Gasteiger partial charge in [-0.25, -0.2) is 0 Å². The third kappa shape index (κ3) is 3.72. The maximum absolute atomic E-state index is 12.2. The number of nitrogens with zero attached hydrogens (tertiary/aromatic N) is 3. The van der Waals surface area contributed by atoms with Crippen LogP contribution >= 0.6 is 23.1 Å². The average Bonchev–Trinajstić information content (AvgIpc) is 3.22. The molecule has 2 aromatic heterocycles. The fourth-order valence-corrected chi connectivity index (χ4v) is 4.60. The quantitative estimate of drug-likeness (QED) is 0.389. The number of carbonyl (C=O) groups is 2. The Labute approximate surface area is 163 Å². The van der Waals surface area contributed by atoms with Gasteiger partial charge in [0.15, 0.2) is 10.9 Å². The highest BCUT2D eigenvalue weighted by Gasteiger charge is 2.13. The Kier molecular flexibility index (Phi) is 4.91. The molecule has 0 aliphatic rings. The first-order valence-electron chi connectivity index (χ1n) is 8.38. The van der Waals surface area contributed by atoms with E-state index >= 15 is 0 Å². The molecular weight excluding hydrogens is 380 g/mol. The van der Waals surface area contributed by atoms with E-state index in [9.17, 15) is 9.59 Å². The Morgan fingerprint density at radius 1 is 1.11 bits per heavy atom. The molecule has 4 aromatic rings. The van der Waals surface area contributed by atoms with E-state index in [1.165, 1.54) is 18.7 Å². The third-order valence-corrected chi connectivity index (χ3v) is 5.99. The molecule has 0 fully saturated rings. The fraction of sp³-hybridized carbons (Fsp3) is 0.158. The van der Waals surface area contributed by atoms with Crippen molar-refractivity contribution in [2.45, 2.75) is 18.5 Å². The Balaban J connectivity index is 1.37. The molecule has 2 heterocycles. The molecule has 0 saturated heterocycles. The summed E-state index contributed by atoms with van der Waals surface area (Å²) in [7, 11) is 0. The smallest absolute Gasteiger partial charge is 0.225 e. The van der Waals surface area contributed by atoms with Crippen LogP contribution in [0.4, 0.5) is 5.69 Å². The first-order chi connectivity index (χ1) is 13.1. The SMILES string of the molecule is CC(=O)c1ccc(NC(=O)CCSc2nnc3sc4ccccc4n23)cc1. The predicted octanol–water partition coefficient (Wildman–Crippen LogP) is 4.27. The number of aromatic nitrogens is 3. The van der Waals surface area contributed by atoms with Crippen molar-refractivity contribution in [1.82, 2.24) is 14.6 Å². The molecule has 0 aliphatic carbocycles. The molecule has 8 heteroatoms. The monoisotopic (exact) mass is 396 g/mol. The van der Waals surface area contributed by atoms with Gasteiger partial charge >= 0.3 is 0 Å². The van der Waals surface area contributed by atoms with E-state index in [1.807, 2.05) is 22.6 Å². The molecule has 4 rings (SSSR count). The zero-order valence-electron chi connectivity index (χ0n) is 14.5. The maximum Gasteiger partial charge on any atom is 0.225 e. The Bertz CT molecular complexity index is 1130. The molecule has 0 aliphatic heterocycles. The van der Waals surface area contributed by atoms with E-state index in [1.54, 1.807) is 35.6 Å². The summed E-state index contributed by atoms with van der Waals surface area (Å²) in [5.74, 6) is 0.529. The summed E-state index contributed by atoms with van der Waals surface area (Å²) < 4.78 is 3.19. The summed E-state index contributed by atoms with van der Waals surface area (Å²) >= 11 is 3.11. The highest BCUT2D eigenvalue weighted by molar-refractivity contribution is 7.99. The van der Waals surface area contributed by atoms with Crippen molar-refractivity contribution in [2.24, 2.45) is 0 Å². The first kappa shape index (κ1) is 17.7. The Morgan fingerprint density at radius 3 is 2.67 bits per heavy atom. The third-order valence-electron chi connectivity index (χ3n) is 4.05.